The molecule has 0 aliphatic rings. The van der Waals surface area contributed by atoms with Crippen molar-refractivity contribution in [1.29, 1.82) is 0 Å². The van der Waals surface area contributed by atoms with Gasteiger partial charge in [0.05, 0.1) is 0 Å². The molecule has 0 saturated heterocycles. The van der Waals surface area contributed by atoms with Crippen molar-refractivity contribution in [2.24, 2.45) is 0 Å². The molecule has 0 bridgehead atoms. The molecule has 0 aromatic rings. The van der Waals surface area contributed by atoms with Gasteiger partial charge in [-0.2, -0.15) is 8.42 Å². The Morgan fingerprint density at radius 2 is 1.40 bits per heavy atom. The van der Waals surface area contributed by atoms with Crippen molar-refractivity contribution >= 4 is 45.6 Å². The van der Waals surface area contributed by atoms with Crippen LogP contribution in [-0.4, -0.2) is 58.4 Å². The summed E-state index contributed by atoms with van der Waals surface area (Å²) in [4.78, 5) is 11.0. The predicted molar refractivity (Wildman–Crippen MR) is 82.0 cm³/mol. The summed E-state index contributed by atoms with van der Waals surface area (Å²) < 4.78 is 29.1. The second-order valence-electron chi connectivity index (χ2n) is 5.24. The van der Waals surface area contributed by atoms with Crippen molar-refractivity contribution in [2.45, 2.75) is 76.4 Å². The minimum absolute atomic E-state index is 0. The maximum atomic E-state index is 11.1. The van der Waals surface area contributed by atoms with Gasteiger partial charge in [-0.05, 0) is 13.3 Å². The number of hydrogen-bond acceptors (Lipinski definition) is 3. The van der Waals surface area contributed by atoms with Crippen LogP contribution in [0.1, 0.15) is 71.6 Å². The van der Waals surface area contributed by atoms with E-state index in [2.05, 4.69) is 6.92 Å². The van der Waals surface area contributed by atoms with Gasteiger partial charge in [-0.15, -0.1) is 0 Å². The van der Waals surface area contributed by atoms with E-state index in [1.165, 1.54) is 25.7 Å². The first-order valence-corrected chi connectivity index (χ1v) is 8.40. The van der Waals surface area contributed by atoms with Crippen LogP contribution in [0, 0.1) is 0 Å². The molecule has 0 aliphatic carbocycles. The molecule has 0 heterocycles. The molecular formula is C13H27NaO5S. The number of unbranched alkanes of at least 4 members (excludes halogenated alkanes) is 7. The van der Waals surface area contributed by atoms with Gasteiger partial charge in [0.15, 0.2) is 4.75 Å². The monoisotopic (exact) mass is 318 g/mol. The van der Waals surface area contributed by atoms with Crippen molar-refractivity contribution in [2.75, 3.05) is 0 Å². The van der Waals surface area contributed by atoms with E-state index in [1.54, 1.807) is 0 Å². The Hall–Kier alpha value is 0.380. The van der Waals surface area contributed by atoms with E-state index >= 15 is 0 Å². The van der Waals surface area contributed by atoms with E-state index in [0.717, 1.165) is 26.2 Å². The maximum absolute atomic E-state index is 11.1. The summed E-state index contributed by atoms with van der Waals surface area (Å²) in [5.74, 6) is -1.49. The molecular weight excluding hydrogens is 291 g/mol. The molecule has 2 N–H and O–H groups in total. The molecule has 0 aromatic heterocycles. The summed E-state index contributed by atoms with van der Waals surface area (Å²) in [5.41, 5.74) is 0. The van der Waals surface area contributed by atoms with Gasteiger partial charge in [0.2, 0.25) is 0 Å². The zero-order chi connectivity index (χ0) is 14.9. The molecule has 0 radical (unpaired) electrons. The third kappa shape index (κ3) is 7.98. The third-order valence-electron chi connectivity index (χ3n) is 3.53. The Morgan fingerprint density at radius 3 is 1.75 bits per heavy atom. The first-order valence-electron chi connectivity index (χ1n) is 6.96. The number of aliphatic carboxylic acids is 1. The van der Waals surface area contributed by atoms with Gasteiger partial charge in [0.1, 0.15) is 0 Å². The summed E-state index contributed by atoms with van der Waals surface area (Å²) in [6, 6.07) is 0. The molecule has 116 valence electrons. The molecule has 0 rings (SSSR count). The van der Waals surface area contributed by atoms with Crippen LogP contribution in [0.2, 0.25) is 0 Å². The topological polar surface area (TPSA) is 91.7 Å². The summed E-state index contributed by atoms with van der Waals surface area (Å²) in [6.45, 7) is 3.22. The van der Waals surface area contributed by atoms with Crippen LogP contribution >= 0.6 is 0 Å². The Kier molecular flexibility index (Phi) is 12.5. The second kappa shape index (κ2) is 11.0. The normalized spacial score (nSPS) is 14.3. The van der Waals surface area contributed by atoms with Gasteiger partial charge in [0.25, 0.3) is 10.1 Å². The van der Waals surface area contributed by atoms with Gasteiger partial charge in [-0.25, -0.2) is 0 Å². The SMILES string of the molecule is CCCCCCCCCCC(C)(C(=O)O)S(=O)(=O)O.[NaH]. The van der Waals surface area contributed by atoms with Crippen LogP contribution in [0.4, 0.5) is 0 Å². The van der Waals surface area contributed by atoms with Crippen molar-refractivity contribution < 1.29 is 22.9 Å². The van der Waals surface area contributed by atoms with E-state index < -0.39 is 20.8 Å². The fraction of sp³-hybridized carbons (Fsp3) is 0.923. The first kappa shape index (κ1) is 22.7. The Labute approximate surface area is 144 Å². The van der Waals surface area contributed by atoms with Crippen LogP contribution in [0.3, 0.4) is 0 Å². The Bertz CT molecular complexity index is 369. The van der Waals surface area contributed by atoms with Crippen LogP contribution in [0.15, 0.2) is 0 Å². The molecule has 0 spiro atoms. The van der Waals surface area contributed by atoms with E-state index in [0.29, 0.717) is 6.42 Å². The van der Waals surface area contributed by atoms with Crippen LogP contribution in [0.25, 0.3) is 0 Å². The zero-order valence-corrected chi connectivity index (χ0v) is 12.7. The van der Waals surface area contributed by atoms with E-state index in [4.69, 9.17) is 9.66 Å². The van der Waals surface area contributed by atoms with Crippen molar-refractivity contribution in [3.8, 4) is 0 Å². The van der Waals surface area contributed by atoms with Crippen molar-refractivity contribution in [3.63, 3.8) is 0 Å². The summed E-state index contributed by atoms with van der Waals surface area (Å²) in [6.07, 6.45) is 8.14. The molecule has 1 unspecified atom stereocenters. The molecule has 0 amide bonds. The molecule has 5 nitrogen and oxygen atoms in total. The minimum atomic E-state index is -4.57. The summed E-state index contributed by atoms with van der Waals surface area (Å²) in [5, 5.41) is 8.93. The van der Waals surface area contributed by atoms with E-state index in [-0.39, 0.29) is 36.0 Å². The quantitative estimate of drug-likeness (QED) is 0.347. The average molecular weight is 318 g/mol. The molecule has 0 aromatic carbocycles. The molecule has 0 saturated carbocycles. The number of carbonyl (C=O) groups is 1. The van der Waals surface area contributed by atoms with Crippen LogP contribution in [-0.2, 0) is 14.9 Å². The van der Waals surface area contributed by atoms with Gasteiger partial charge in [-0.1, -0.05) is 58.3 Å². The third-order valence-corrected chi connectivity index (χ3v) is 5.05. The van der Waals surface area contributed by atoms with Gasteiger partial charge in [0, 0.05) is 0 Å². The van der Waals surface area contributed by atoms with Crippen molar-refractivity contribution in [1.82, 2.24) is 0 Å². The zero-order valence-electron chi connectivity index (χ0n) is 11.9. The second-order valence-corrected chi connectivity index (χ2v) is 7.09. The van der Waals surface area contributed by atoms with Crippen molar-refractivity contribution in [3.05, 3.63) is 0 Å². The fourth-order valence-corrected chi connectivity index (χ4v) is 2.57. The summed E-state index contributed by atoms with van der Waals surface area (Å²) >= 11 is 0. The number of hydrogen-bond donors (Lipinski definition) is 2. The fourth-order valence-electron chi connectivity index (χ4n) is 1.94. The molecule has 0 aliphatic heterocycles. The van der Waals surface area contributed by atoms with Gasteiger partial charge < -0.3 is 5.11 Å². The number of carboxylic acid groups (broad SMARTS) is 1. The molecule has 7 heteroatoms. The Balaban J connectivity index is 0. The predicted octanol–water partition coefficient (Wildman–Crippen LogP) is 2.60. The van der Waals surface area contributed by atoms with Gasteiger partial charge >= 0.3 is 35.5 Å². The van der Waals surface area contributed by atoms with E-state index in [1.807, 2.05) is 0 Å². The first-order chi connectivity index (χ1) is 8.75. The summed E-state index contributed by atoms with van der Waals surface area (Å²) in [7, 11) is -4.57. The average Bonchev–Trinajstić information content (AvgIpc) is 2.30. The Morgan fingerprint density at radius 1 is 1.00 bits per heavy atom. The molecule has 1 atom stereocenters. The van der Waals surface area contributed by atoms with E-state index in [9.17, 15) is 13.2 Å². The van der Waals surface area contributed by atoms with Crippen LogP contribution < -0.4 is 0 Å². The number of carboxylic acids is 1. The van der Waals surface area contributed by atoms with Crippen LogP contribution in [0.5, 0.6) is 0 Å². The van der Waals surface area contributed by atoms with Gasteiger partial charge in [-0.3, -0.25) is 9.35 Å². The number of rotatable bonds is 11. The standard InChI is InChI=1S/C13H26O5S.Na.H/c1-3-4-5-6-7-8-9-10-11-13(2,12(14)15)19(16,17)18;;/h3-11H2,1-2H3,(H,14,15)(H,16,17,18);;. The molecule has 20 heavy (non-hydrogen) atoms. The molecule has 0 fully saturated rings.